The third-order valence-electron chi connectivity index (χ3n) is 2.53. The molecule has 0 aromatic rings. The lowest BCUT2D eigenvalue weighted by molar-refractivity contribution is -0.120. The van der Waals surface area contributed by atoms with Gasteiger partial charge in [0.25, 0.3) is 0 Å². The largest absolute Gasteiger partial charge is 0.356 e. The maximum Gasteiger partial charge on any atom is 0.220 e. The van der Waals surface area contributed by atoms with Crippen LogP contribution in [-0.4, -0.2) is 12.5 Å². The van der Waals surface area contributed by atoms with Crippen LogP contribution < -0.4 is 5.32 Å². The fraction of sp³-hybridized carbons (Fsp3) is 0.545. The summed E-state index contributed by atoms with van der Waals surface area (Å²) in [5, 5.41) is 2.92. The Morgan fingerprint density at radius 2 is 2.46 bits per heavy atom. The van der Waals surface area contributed by atoms with Crippen molar-refractivity contribution in [2.45, 2.75) is 26.2 Å². The molecule has 2 nitrogen and oxygen atoms in total. The van der Waals surface area contributed by atoms with Crippen LogP contribution >= 0.6 is 0 Å². The van der Waals surface area contributed by atoms with E-state index in [2.05, 4.69) is 18.8 Å². The van der Waals surface area contributed by atoms with Gasteiger partial charge >= 0.3 is 0 Å². The van der Waals surface area contributed by atoms with Gasteiger partial charge in [0, 0.05) is 13.0 Å². The molecular formula is C11H17NO. The summed E-state index contributed by atoms with van der Waals surface area (Å²) in [5.41, 5.74) is 1.32. The van der Waals surface area contributed by atoms with Gasteiger partial charge in [0.1, 0.15) is 0 Å². The lowest BCUT2D eigenvalue weighted by atomic mass is 9.95. The van der Waals surface area contributed by atoms with E-state index in [0.29, 0.717) is 12.3 Å². The van der Waals surface area contributed by atoms with Crippen molar-refractivity contribution in [3.8, 4) is 0 Å². The summed E-state index contributed by atoms with van der Waals surface area (Å²) in [6.07, 6.45) is 6.62. The zero-order valence-electron chi connectivity index (χ0n) is 8.18. The number of hydrogen-bond donors (Lipinski definition) is 1. The van der Waals surface area contributed by atoms with Crippen molar-refractivity contribution in [1.29, 1.82) is 0 Å². The number of carbonyl (C=O) groups is 1. The normalized spacial score (nSPS) is 24.8. The van der Waals surface area contributed by atoms with E-state index in [9.17, 15) is 4.79 Å². The minimum atomic E-state index is 0.189. The summed E-state index contributed by atoms with van der Waals surface area (Å²) in [7, 11) is 0. The van der Waals surface area contributed by atoms with Crippen molar-refractivity contribution in [3.63, 3.8) is 0 Å². The summed E-state index contributed by atoms with van der Waals surface area (Å²) in [6, 6.07) is 0. The highest BCUT2D eigenvalue weighted by molar-refractivity contribution is 5.76. The molecule has 13 heavy (non-hydrogen) atoms. The molecule has 1 unspecified atom stereocenters. The summed E-state index contributed by atoms with van der Waals surface area (Å²) in [5.74, 6) is 0.693. The Balaban J connectivity index is 2.55. The lowest BCUT2D eigenvalue weighted by Gasteiger charge is -2.13. The second-order valence-corrected chi connectivity index (χ2v) is 3.54. The van der Waals surface area contributed by atoms with E-state index in [4.69, 9.17) is 0 Å². The molecule has 0 saturated carbocycles. The van der Waals surface area contributed by atoms with Crippen LogP contribution in [0.1, 0.15) is 26.2 Å². The minimum absolute atomic E-state index is 0.189. The Labute approximate surface area is 79.7 Å². The number of nitrogens with one attached hydrogen (secondary N) is 1. The zero-order chi connectivity index (χ0) is 9.68. The lowest BCUT2D eigenvalue weighted by Crippen LogP contribution is -2.26. The predicted molar refractivity (Wildman–Crippen MR) is 54.3 cm³/mol. The quantitative estimate of drug-likeness (QED) is 0.646. The van der Waals surface area contributed by atoms with E-state index in [1.165, 1.54) is 5.57 Å². The van der Waals surface area contributed by atoms with E-state index in [0.717, 1.165) is 19.4 Å². The molecule has 1 heterocycles. The first-order valence-corrected chi connectivity index (χ1v) is 4.80. The standard InChI is InChI=1S/C11H17NO/c1-3-5-9(2)10-6-4-7-11(13)12-8-10/h3,5,10H,1,4,6-8H2,2H3,(H,12,13)/b9-5+. The summed E-state index contributed by atoms with van der Waals surface area (Å²) in [6.45, 7) is 6.56. The highest BCUT2D eigenvalue weighted by atomic mass is 16.1. The Kier molecular flexibility index (Phi) is 3.74. The van der Waals surface area contributed by atoms with E-state index in [-0.39, 0.29) is 5.91 Å². The molecule has 1 amide bonds. The summed E-state index contributed by atoms with van der Waals surface area (Å²) >= 11 is 0. The molecule has 1 aliphatic heterocycles. The highest BCUT2D eigenvalue weighted by Crippen LogP contribution is 2.19. The van der Waals surface area contributed by atoms with Gasteiger partial charge in [0.15, 0.2) is 0 Å². The van der Waals surface area contributed by atoms with Crippen LogP contribution in [0, 0.1) is 5.92 Å². The molecule has 72 valence electrons. The van der Waals surface area contributed by atoms with E-state index in [1.807, 2.05) is 12.2 Å². The SMILES string of the molecule is C=C/C=C(\C)C1CCCC(=O)NC1. The minimum Gasteiger partial charge on any atom is -0.356 e. The van der Waals surface area contributed by atoms with Gasteiger partial charge in [-0.2, -0.15) is 0 Å². The maximum absolute atomic E-state index is 11.1. The van der Waals surface area contributed by atoms with Crippen molar-refractivity contribution in [1.82, 2.24) is 5.32 Å². The van der Waals surface area contributed by atoms with Crippen molar-refractivity contribution < 1.29 is 4.79 Å². The molecule has 0 aliphatic carbocycles. The third kappa shape index (κ3) is 3.05. The predicted octanol–water partition coefficient (Wildman–Crippen LogP) is 2.04. The number of carbonyl (C=O) groups excluding carboxylic acids is 1. The van der Waals surface area contributed by atoms with Crippen molar-refractivity contribution >= 4 is 5.91 Å². The second kappa shape index (κ2) is 4.85. The van der Waals surface area contributed by atoms with Gasteiger partial charge in [-0.05, 0) is 25.7 Å². The third-order valence-corrected chi connectivity index (χ3v) is 2.53. The van der Waals surface area contributed by atoms with Gasteiger partial charge in [-0.25, -0.2) is 0 Å². The average Bonchev–Trinajstić information content (AvgIpc) is 2.30. The monoisotopic (exact) mass is 179 g/mol. The van der Waals surface area contributed by atoms with E-state index in [1.54, 1.807) is 0 Å². The molecule has 1 fully saturated rings. The molecule has 1 aliphatic rings. The number of allylic oxidation sites excluding steroid dienone is 2. The average molecular weight is 179 g/mol. The van der Waals surface area contributed by atoms with Crippen molar-refractivity contribution in [3.05, 3.63) is 24.3 Å². The fourth-order valence-electron chi connectivity index (χ4n) is 1.65. The van der Waals surface area contributed by atoms with E-state index >= 15 is 0 Å². The number of hydrogen-bond acceptors (Lipinski definition) is 1. The molecule has 1 saturated heterocycles. The van der Waals surface area contributed by atoms with Crippen LogP contribution in [0.3, 0.4) is 0 Å². The Bertz CT molecular complexity index is 230. The molecule has 0 radical (unpaired) electrons. The number of rotatable bonds is 2. The molecular weight excluding hydrogens is 162 g/mol. The van der Waals surface area contributed by atoms with Crippen LogP contribution in [0.15, 0.2) is 24.3 Å². The van der Waals surface area contributed by atoms with Gasteiger partial charge in [-0.3, -0.25) is 4.79 Å². The van der Waals surface area contributed by atoms with Crippen LogP contribution in [0.2, 0.25) is 0 Å². The van der Waals surface area contributed by atoms with Crippen molar-refractivity contribution in [2.75, 3.05) is 6.54 Å². The van der Waals surface area contributed by atoms with Crippen LogP contribution in [0.4, 0.5) is 0 Å². The fourth-order valence-corrected chi connectivity index (χ4v) is 1.65. The first-order chi connectivity index (χ1) is 6.24. The van der Waals surface area contributed by atoms with Crippen molar-refractivity contribution in [2.24, 2.45) is 5.92 Å². The summed E-state index contributed by atoms with van der Waals surface area (Å²) in [4.78, 5) is 11.1. The van der Waals surface area contributed by atoms with Gasteiger partial charge in [-0.15, -0.1) is 0 Å². The summed E-state index contributed by atoms with van der Waals surface area (Å²) < 4.78 is 0. The van der Waals surface area contributed by atoms with Gasteiger partial charge < -0.3 is 5.32 Å². The molecule has 0 spiro atoms. The van der Waals surface area contributed by atoms with E-state index < -0.39 is 0 Å². The van der Waals surface area contributed by atoms with Crippen LogP contribution in [-0.2, 0) is 4.79 Å². The Morgan fingerprint density at radius 3 is 3.15 bits per heavy atom. The Hall–Kier alpha value is -1.05. The highest BCUT2D eigenvalue weighted by Gasteiger charge is 2.16. The van der Waals surface area contributed by atoms with Crippen LogP contribution in [0.5, 0.6) is 0 Å². The first kappa shape index (κ1) is 10.0. The van der Waals surface area contributed by atoms with Gasteiger partial charge in [0.05, 0.1) is 0 Å². The maximum atomic E-state index is 11.1. The molecule has 0 aromatic carbocycles. The second-order valence-electron chi connectivity index (χ2n) is 3.54. The molecule has 1 N–H and O–H groups in total. The topological polar surface area (TPSA) is 29.1 Å². The first-order valence-electron chi connectivity index (χ1n) is 4.80. The molecule has 0 aromatic heterocycles. The molecule has 1 atom stereocenters. The van der Waals surface area contributed by atoms with Gasteiger partial charge in [0.2, 0.25) is 5.91 Å². The number of amides is 1. The van der Waals surface area contributed by atoms with Gasteiger partial charge in [-0.1, -0.05) is 24.3 Å². The smallest absolute Gasteiger partial charge is 0.220 e. The molecule has 2 heteroatoms. The zero-order valence-corrected chi connectivity index (χ0v) is 8.18. The Morgan fingerprint density at radius 1 is 1.69 bits per heavy atom. The van der Waals surface area contributed by atoms with Crippen LogP contribution in [0.25, 0.3) is 0 Å². The molecule has 1 rings (SSSR count). The molecule has 0 bridgehead atoms.